The molecule has 0 amide bonds. The lowest BCUT2D eigenvalue weighted by atomic mass is 10.1. The summed E-state index contributed by atoms with van der Waals surface area (Å²) >= 11 is 0. The van der Waals surface area contributed by atoms with Crippen molar-refractivity contribution in [1.29, 1.82) is 0 Å². The third-order valence-electron chi connectivity index (χ3n) is 6.62. The fraction of sp³-hybridized carbons (Fsp3) is 0.176. The van der Waals surface area contributed by atoms with Crippen LogP contribution in [0.5, 0.6) is 23.0 Å². The molecule has 0 radical (unpaired) electrons. The Labute approximate surface area is 243 Å². The van der Waals surface area contributed by atoms with Crippen LogP contribution >= 0.6 is 0 Å². The van der Waals surface area contributed by atoms with Gasteiger partial charge in [-0.25, -0.2) is 4.79 Å². The first-order valence-corrected chi connectivity index (χ1v) is 13.5. The molecule has 0 spiro atoms. The first kappa shape index (κ1) is 28.3. The summed E-state index contributed by atoms with van der Waals surface area (Å²) in [5.41, 5.74) is 3.44. The second kappa shape index (κ2) is 12.1. The van der Waals surface area contributed by atoms with Gasteiger partial charge in [0.25, 0.3) is 0 Å². The van der Waals surface area contributed by atoms with Crippen LogP contribution in [0.1, 0.15) is 41.0 Å². The maximum Gasteiger partial charge on any atom is 0.338 e. The van der Waals surface area contributed by atoms with E-state index in [4.69, 9.17) is 14.2 Å². The number of hydrogen-bond acceptors (Lipinski definition) is 5. The number of rotatable bonds is 11. The van der Waals surface area contributed by atoms with Crippen molar-refractivity contribution in [2.75, 3.05) is 0 Å². The fourth-order valence-corrected chi connectivity index (χ4v) is 4.77. The minimum absolute atomic E-state index is 0.0417. The van der Waals surface area contributed by atoms with E-state index in [1.54, 1.807) is 71.3 Å². The molecule has 8 heteroatoms. The molecule has 0 aliphatic rings. The summed E-state index contributed by atoms with van der Waals surface area (Å²) in [6, 6.07) is 27.4. The highest BCUT2D eigenvalue weighted by Crippen LogP contribution is 2.35. The Morgan fingerprint density at radius 1 is 0.786 bits per heavy atom. The highest BCUT2D eigenvalue weighted by molar-refractivity contribution is 6.07. The number of aryl methyl sites for hydroxylation is 1. The van der Waals surface area contributed by atoms with Gasteiger partial charge in [-0.2, -0.15) is 0 Å². The summed E-state index contributed by atoms with van der Waals surface area (Å²) in [5.74, 6) is -0.0483. The molecule has 5 rings (SSSR count). The Hall–Kier alpha value is -5.24. The van der Waals surface area contributed by atoms with Crippen LogP contribution in [0.3, 0.4) is 0 Å². The van der Waals surface area contributed by atoms with E-state index in [1.807, 2.05) is 45.0 Å². The largest absolute Gasteiger partial charge is 0.491 e. The monoisotopic (exact) mass is 565 g/mol. The van der Waals surface area contributed by atoms with Gasteiger partial charge in [-0.3, -0.25) is 4.79 Å². The van der Waals surface area contributed by atoms with Crippen molar-refractivity contribution in [2.24, 2.45) is 0 Å². The smallest absolute Gasteiger partial charge is 0.338 e. The number of nitrogens with zero attached hydrogens (tertiary/aromatic N) is 1. The summed E-state index contributed by atoms with van der Waals surface area (Å²) < 4.78 is 19.3. The van der Waals surface area contributed by atoms with E-state index in [-0.39, 0.29) is 17.4 Å². The van der Waals surface area contributed by atoms with Crippen LogP contribution in [0.25, 0.3) is 16.6 Å². The van der Waals surface area contributed by atoms with Gasteiger partial charge in [0.1, 0.15) is 29.6 Å². The number of benzene rings is 4. The molecule has 4 aromatic carbocycles. The lowest BCUT2D eigenvalue weighted by Gasteiger charge is -2.13. The van der Waals surface area contributed by atoms with Crippen LogP contribution in [-0.2, 0) is 17.8 Å². The normalized spacial score (nSPS) is 11.0. The molecule has 0 aliphatic heterocycles. The fourth-order valence-electron chi connectivity index (χ4n) is 4.77. The van der Waals surface area contributed by atoms with Gasteiger partial charge in [-0.1, -0.05) is 29.8 Å². The Kier molecular flexibility index (Phi) is 8.15. The van der Waals surface area contributed by atoms with Crippen LogP contribution in [0.4, 0.5) is 0 Å². The third-order valence-corrected chi connectivity index (χ3v) is 6.62. The summed E-state index contributed by atoms with van der Waals surface area (Å²) in [6.07, 6.45) is -0.435. The van der Waals surface area contributed by atoms with Gasteiger partial charge in [0, 0.05) is 16.8 Å². The Morgan fingerprint density at radius 3 is 2.02 bits per heavy atom. The molecule has 42 heavy (non-hydrogen) atoms. The van der Waals surface area contributed by atoms with Crippen LogP contribution < -0.4 is 14.2 Å². The molecule has 5 aromatic rings. The molecule has 0 saturated heterocycles. The zero-order valence-corrected chi connectivity index (χ0v) is 23.5. The van der Waals surface area contributed by atoms with Crippen molar-refractivity contribution in [3.05, 3.63) is 113 Å². The summed E-state index contributed by atoms with van der Waals surface area (Å²) in [5, 5.41) is 20.2. The van der Waals surface area contributed by atoms with Crippen molar-refractivity contribution in [1.82, 2.24) is 4.57 Å². The summed E-state index contributed by atoms with van der Waals surface area (Å²) in [6.45, 7) is 6.31. The summed E-state index contributed by atoms with van der Waals surface area (Å²) in [4.78, 5) is 24.3. The van der Waals surface area contributed by atoms with Gasteiger partial charge >= 0.3 is 11.9 Å². The lowest BCUT2D eigenvalue weighted by molar-refractivity contribution is -0.136. The van der Waals surface area contributed by atoms with Crippen molar-refractivity contribution in [2.45, 2.75) is 39.9 Å². The predicted octanol–water partition coefficient (Wildman–Crippen LogP) is 7.42. The van der Waals surface area contributed by atoms with E-state index in [1.165, 1.54) is 5.56 Å². The molecule has 0 aliphatic carbocycles. The number of carboxylic acids is 2. The quantitative estimate of drug-likeness (QED) is 0.172. The van der Waals surface area contributed by atoms with Crippen LogP contribution in [0.15, 0.2) is 91.0 Å². The maximum atomic E-state index is 12.5. The van der Waals surface area contributed by atoms with Gasteiger partial charge < -0.3 is 29.0 Å². The van der Waals surface area contributed by atoms with Crippen molar-refractivity contribution in [3.8, 4) is 28.7 Å². The molecule has 0 fully saturated rings. The van der Waals surface area contributed by atoms with Gasteiger partial charge in [-0.05, 0) is 93.1 Å². The average Bonchev–Trinajstić information content (AvgIpc) is 3.26. The first-order chi connectivity index (χ1) is 20.2. The van der Waals surface area contributed by atoms with E-state index >= 15 is 0 Å². The Balaban J connectivity index is 1.48. The highest BCUT2D eigenvalue weighted by Gasteiger charge is 2.25. The first-order valence-electron chi connectivity index (χ1n) is 13.5. The number of ether oxygens (including phenoxy) is 3. The summed E-state index contributed by atoms with van der Waals surface area (Å²) in [7, 11) is 0. The second-order valence-electron chi connectivity index (χ2n) is 10.2. The zero-order valence-electron chi connectivity index (χ0n) is 23.5. The Bertz CT molecular complexity index is 1720. The molecule has 1 heterocycles. The molecule has 0 saturated carbocycles. The predicted molar refractivity (Wildman–Crippen MR) is 159 cm³/mol. The number of carbonyl (C=O) groups is 2. The van der Waals surface area contributed by atoms with Crippen molar-refractivity contribution < 1.29 is 34.0 Å². The minimum atomic E-state index is -1.22. The molecule has 0 bridgehead atoms. The van der Waals surface area contributed by atoms with E-state index < -0.39 is 18.4 Å². The standard InChI is InChI=1S/C34H31NO7/c1-21(2)41-26-12-14-27(15-13-26)42-28-16-17-30-29(18-28)33(34(38)39)31(19-32(36)37)35(30)24-8-10-25(11-9-24)40-20-23-6-4-22(3)5-7-23/h4-18,21H,19-20H2,1-3H3,(H,36,37)(H,38,39). The maximum absolute atomic E-state index is 12.5. The topological polar surface area (TPSA) is 107 Å². The third kappa shape index (κ3) is 6.39. The lowest BCUT2D eigenvalue weighted by Crippen LogP contribution is -2.11. The van der Waals surface area contributed by atoms with Gasteiger partial charge in [0.15, 0.2) is 0 Å². The molecular formula is C34H31NO7. The van der Waals surface area contributed by atoms with E-state index in [9.17, 15) is 19.8 Å². The molecule has 1 aromatic heterocycles. The minimum Gasteiger partial charge on any atom is -0.491 e. The molecule has 214 valence electrons. The second-order valence-corrected chi connectivity index (χ2v) is 10.2. The highest BCUT2D eigenvalue weighted by atomic mass is 16.5. The number of carboxylic acid groups (broad SMARTS) is 2. The SMILES string of the molecule is Cc1ccc(COc2ccc(-n3c(CC(=O)O)c(C(=O)O)c4cc(Oc5ccc(OC(C)C)cc5)ccc43)cc2)cc1. The average molecular weight is 566 g/mol. The zero-order chi connectivity index (χ0) is 29.8. The number of aromatic carboxylic acids is 1. The van der Waals surface area contributed by atoms with Gasteiger partial charge in [0.05, 0.1) is 23.6 Å². The van der Waals surface area contributed by atoms with E-state index in [2.05, 4.69) is 0 Å². The number of fused-ring (bicyclic) bond motifs is 1. The van der Waals surface area contributed by atoms with Crippen LogP contribution in [-0.4, -0.2) is 32.8 Å². The number of aliphatic carboxylic acids is 1. The van der Waals surface area contributed by atoms with Crippen molar-refractivity contribution >= 4 is 22.8 Å². The van der Waals surface area contributed by atoms with Crippen molar-refractivity contribution in [3.63, 3.8) is 0 Å². The molecule has 2 N–H and O–H groups in total. The van der Waals surface area contributed by atoms with Crippen LogP contribution in [0, 0.1) is 6.92 Å². The molecular weight excluding hydrogens is 534 g/mol. The van der Waals surface area contributed by atoms with E-state index in [0.29, 0.717) is 46.2 Å². The molecule has 8 nitrogen and oxygen atoms in total. The number of aromatic nitrogens is 1. The van der Waals surface area contributed by atoms with Gasteiger partial charge in [0.2, 0.25) is 0 Å². The van der Waals surface area contributed by atoms with Crippen LogP contribution in [0.2, 0.25) is 0 Å². The number of hydrogen-bond donors (Lipinski definition) is 2. The van der Waals surface area contributed by atoms with Gasteiger partial charge in [-0.15, -0.1) is 0 Å². The molecule has 0 unspecified atom stereocenters. The van der Waals surface area contributed by atoms with E-state index in [0.717, 1.165) is 5.56 Å². The Morgan fingerprint density at radius 2 is 1.40 bits per heavy atom. The molecule has 0 atom stereocenters.